The van der Waals surface area contributed by atoms with Crippen LogP contribution in [0, 0.1) is 5.82 Å². The molecule has 4 rings (SSSR count). The van der Waals surface area contributed by atoms with Gasteiger partial charge in [-0.25, -0.2) is 9.37 Å². The number of ether oxygens (including phenoxy) is 3. The zero-order valence-electron chi connectivity index (χ0n) is 18.0. The van der Waals surface area contributed by atoms with Crippen LogP contribution in [0.2, 0.25) is 0 Å². The van der Waals surface area contributed by atoms with Crippen molar-refractivity contribution in [3.8, 4) is 11.5 Å². The number of fused-ring (bicyclic) bond motifs is 1. The zero-order valence-corrected chi connectivity index (χ0v) is 18.8. The number of thiazole rings is 1. The lowest BCUT2D eigenvalue weighted by Crippen LogP contribution is -2.40. The van der Waals surface area contributed by atoms with Gasteiger partial charge in [-0.05, 0) is 42.8 Å². The number of aromatic nitrogens is 1. The Hall–Kier alpha value is -2.75. The van der Waals surface area contributed by atoms with Gasteiger partial charge in [0, 0.05) is 26.2 Å². The predicted octanol–water partition coefficient (Wildman–Crippen LogP) is 3.58. The number of anilines is 1. The SMILES string of the molecule is COc1ccc(OCC(=O)N(CCCN2CCOCC2)c2nc3c(F)cccc3s2)cc1. The summed E-state index contributed by atoms with van der Waals surface area (Å²) >= 11 is 1.31. The first-order valence-corrected chi connectivity index (χ1v) is 11.4. The number of morpholine rings is 1. The van der Waals surface area contributed by atoms with Gasteiger partial charge in [-0.15, -0.1) is 0 Å². The molecular weight excluding hydrogens is 433 g/mol. The second-order valence-corrected chi connectivity index (χ2v) is 8.41. The van der Waals surface area contributed by atoms with E-state index in [2.05, 4.69) is 9.88 Å². The maximum atomic E-state index is 14.2. The molecule has 0 unspecified atom stereocenters. The molecule has 3 aromatic rings. The minimum Gasteiger partial charge on any atom is -0.497 e. The molecule has 0 N–H and O–H groups in total. The quantitative estimate of drug-likeness (QED) is 0.488. The fraction of sp³-hybridized carbons (Fsp3) is 0.391. The number of para-hydroxylation sites is 1. The molecule has 0 spiro atoms. The molecule has 0 aliphatic carbocycles. The Labute approximate surface area is 190 Å². The van der Waals surface area contributed by atoms with E-state index in [1.807, 2.05) is 6.07 Å². The van der Waals surface area contributed by atoms with Crippen molar-refractivity contribution < 1.29 is 23.4 Å². The van der Waals surface area contributed by atoms with Crippen LogP contribution in [0.5, 0.6) is 11.5 Å². The number of amides is 1. The summed E-state index contributed by atoms with van der Waals surface area (Å²) in [5, 5.41) is 0.482. The van der Waals surface area contributed by atoms with Gasteiger partial charge >= 0.3 is 0 Å². The van der Waals surface area contributed by atoms with Crippen molar-refractivity contribution in [3.05, 3.63) is 48.3 Å². The third-order valence-electron chi connectivity index (χ3n) is 5.27. The van der Waals surface area contributed by atoms with Crippen molar-refractivity contribution in [1.29, 1.82) is 0 Å². The van der Waals surface area contributed by atoms with E-state index in [0.717, 1.165) is 39.3 Å². The molecule has 1 aliphatic rings. The second-order valence-electron chi connectivity index (χ2n) is 7.40. The van der Waals surface area contributed by atoms with E-state index in [1.54, 1.807) is 42.3 Å². The van der Waals surface area contributed by atoms with Gasteiger partial charge in [-0.2, -0.15) is 0 Å². The molecule has 0 saturated carbocycles. The summed E-state index contributed by atoms with van der Waals surface area (Å²) in [6.45, 7) is 4.43. The molecule has 1 aromatic heterocycles. The normalized spacial score (nSPS) is 14.4. The number of rotatable bonds is 9. The molecule has 1 amide bonds. The van der Waals surface area contributed by atoms with Crippen LogP contribution >= 0.6 is 11.3 Å². The predicted molar refractivity (Wildman–Crippen MR) is 122 cm³/mol. The van der Waals surface area contributed by atoms with Gasteiger partial charge < -0.3 is 14.2 Å². The first kappa shape index (κ1) is 22.4. The van der Waals surface area contributed by atoms with Gasteiger partial charge in [0.15, 0.2) is 11.7 Å². The summed E-state index contributed by atoms with van der Waals surface area (Å²) < 4.78 is 31.1. The maximum Gasteiger partial charge on any atom is 0.266 e. The molecule has 0 atom stereocenters. The molecule has 170 valence electrons. The van der Waals surface area contributed by atoms with Crippen LogP contribution in [0.3, 0.4) is 0 Å². The third kappa shape index (κ3) is 5.53. The number of halogens is 1. The minimum absolute atomic E-state index is 0.137. The van der Waals surface area contributed by atoms with Crippen molar-refractivity contribution in [2.75, 3.05) is 58.0 Å². The number of carbonyl (C=O) groups excluding carboxylic acids is 1. The van der Waals surface area contributed by atoms with Crippen LogP contribution in [0.4, 0.5) is 9.52 Å². The lowest BCUT2D eigenvalue weighted by molar-refractivity contribution is -0.120. The van der Waals surface area contributed by atoms with Crippen LogP contribution < -0.4 is 14.4 Å². The monoisotopic (exact) mass is 459 g/mol. The van der Waals surface area contributed by atoms with E-state index in [1.165, 1.54) is 17.4 Å². The van der Waals surface area contributed by atoms with Gasteiger partial charge in [-0.3, -0.25) is 14.6 Å². The summed E-state index contributed by atoms with van der Waals surface area (Å²) in [6, 6.07) is 11.9. The smallest absolute Gasteiger partial charge is 0.266 e. The van der Waals surface area contributed by atoms with Gasteiger partial charge in [0.25, 0.3) is 5.91 Å². The Kier molecular flexibility index (Phi) is 7.51. The second kappa shape index (κ2) is 10.7. The van der Waals surface area contributed by atoms with Gasteiger partial charge in [0.05, 0.1) is 25.0 Å². The van der Waals surface area contributed by atoms with Gasteiger partial charge in [0.2, 0.25) is 0 Å². The van der Waals surface area contributed by atoms with Crippen LogP contribution in [0.1, 0.15) is 6.42 Å². The molecule has 7 nitrogen and oxygen atoms in total. The highest BCUT2D eigenvalue weighted by atomic mass is 32.1. The lowest BCUT2D eigenvalue weighted by Gasteiger charge is -2.27. The summed E-state index contributed by atoms with van der Waals surface area (Å²) in [6.07, 6.45) is 0.771. The number of carbonyl (C=O) groups is 1. The van der Waals surface area contributed by atoms with Crippen molar-refractivity contribution in [3.63, 3.8) is 0 Å². The molecule has 0 radical (unpaired) electrons. The molecule has 1 aliphatic heterocycles. The van der Waals surface area contributed by atoms with E-state index in [4.69, 9.17) is 14.2 Å². The van der Waals surface area contributed by atoms with Crippen molar-refractivity contribution >= 4 is 32.6 Å². The third-order valence-corrected chi connectivity index (χ3v) is 6.32. The molecule has 9 heteroatoms. The highest BCUT2D eigenvalue weighted by Gasteiger charge is 2.22. The number of hydrogen-bond donors (Lipinski definition) is 0. The topological polar surface area (TPSA) is 64.1 Å². The highest BCUT2D eigenvalue weighted by Crippen LogP contribution is 2.30. The van der Waals surface area contributed by atoms with Crippen molar-refractivity contribution in [1.82, 2.24) is 9.88 Å². The van der Waals surface area contributed by atoms with Crippen LogP contribution in [0.25, 0.3) is 10.2 Å². The first-order chi connectivity index (χ1) is 15.6. The zero-order chi connectivity index (χ0) is 22.3. The van der Waals surface area contributed by atoms with E-state index in [0.29, 0.717) is 27.9 Å². The Morgan fingerprint density at radius 2 is 1.94 bits per heavy atom. The fourth-order valence-electron chi connectivity index (χ4n) is 3.52. The highest BCUT2D eigenvalue weighted by molar-refractivity contribution is 7.22. The minimum atomic E-state index is -0.389. The van der Waals surface area contributed by atoms with Crippen molar-refractivity contribution in [2.45, 2.75) is 6.42 Å². The maximum absolute atomic E-state index is 14.2. The molecule has 2 heterocycles. The van der Waals surface area contributed by atoms with E-state index in [-0.39, 0.29) is 23.8 Å². The Bertz CT molecular complexity index is 1040. The van der Waals surface area contributed by atoms with Crippen LogP contribution in [-0.2, 0) is 9.53 Å². The first-order valence-electron chi connectivity index (χ1n) is 10.6. The average Bonchev–Trinajstić information content (AvgIpc) is 3.26. The molecular formula is C23H26FN3O4S. The molecule has 2 aromatic carbocycles. The number of methoxy groups -OCH3 is 1. The number of hydrogen-bond acceptors (Lipinski definition) is 7. The largest absolute Gasteiger partial charge is 0.497 e. The summed E-state index contributed by atoms with van der Waals surface area (Å²) in [7, 11) is 1.59. The van der Waals surface area contributed by atoms with Crippen LogP contribution in [-0.4, -0.2) is 68.9 Å². The fourth-order valence-corrected chi connectivity index (χ4v) is 4.54. The average molecular weight is 460 g/mol. The number of benzene rings is 2. The summed E-state index contributed by atoms with van der Waals surface area (Å²) in [5.74, 6) is 0.676. The summed E-state index contributed by atoms with van der Waals surface area (Å²) in [4.78, 5) is 21.4. The number of nitrogens with zero attached hydrogens (tertiary/aromatic N) is 3. The van der Waals surface area contributed by atoms with E-state index >= 15 is 0 Å². The molecule has 32 heavy (non-hydrogen) atoms. The molecule has 1 saturated heterocycles. The van der Waals surface area contributed by atoms with E-state index < -0.39 is 0 Å². The Morgan fingerprint density at radius 1 is 1.19 bits per heavy atom. The Balaban J connectivity index is 1.46. The van der Waals surface area contributed by atoms with Gasteiger partial charge in [-0.1, -0.05) is 17.4 Å². The molecule has 0 bridgehead atoms. The van der Waals surface area contributed by atoms with Crippen LogP contribution in [0.15, 0.2) is 42.5 Å². The molecule has 1 fully saturated rings. The standard InChI is InChI=1S/C23H26FN3O4S/c1-29-17-6-8-18(9-7-17)31-16-21(28)27(11-3-10-26-12-14-30-15-13-26)23-25-22-19(24)4-2-5-20(22)32-23/h2,4-9H,3,10-16H2,1H3. The lowest BCUT2D eigenvalue weighted by atomic mass is 10.3. The Morgan fingerprint density at radius 3 is 2.66 bits per heavy atom. The van der Waals surface area contributed by atoms with Crippen molar-refractivity contribution in [2.24, 2.45) is 0 Å². The summed E-state index contributed by atoms with van der Waals surface area (Å²) in [5.41, 5.74) is 0.287. The van der Waals surface area contributed by atoms with Gasteiger partial charge in [0.1, 0.15) is 22.8 Å². The van der Waals surface area contributed by atoms with E-state index in [9.17, 15) is 9.18 Å².